The molecule has 2 heterocycles. The number of hydrogen-bond acceptors (Lipinski definition) is 2. The van der Waals surface area contributed by atoms with Crippen molar-refractivity contribution in [3.8, 4) is 0 Å². The number of hydrogen-bond donors (Lipinski definition) is 2. The number of nitrogens with zero attached hydrogens (tertiary/aromatic N) is 1. The van der Waals surface area contributed by atoms with Crippen LogP contribution in [0.4, 0.5) is 0 Å². The highest BCUT2D eigenvalue weighted by molar-refractivity contribution is 5.75. The van der Waals surface area contributed by atoms with Gasteiger partial charge in [0.15, 0.2) is 0 Å². The van der Waals surface area contributed by atoms with Crippen LogP contribution in [-0.4, -0.2) is 9.97 Å². The molecule has 0 radical (unpaired) electrons. The molecule has 0 aliphatic carbocycles. The van der Waals surface area contributed by atoms with Gasteiger partial charge >= 0.3 is 0 Å². The lowest BCUT2D eigenvalue weighted by Gasteiger charge is -2.08. The minimum Gasteiger partial charge on any atom is -0.346 e. The molecule has 0 aromatic carbocycles. The monoisotopic (exact) mass is 187 g/mol. The summed E-state index contributed by atoms with van der Waals surface area (Å²) in [5.41, 5.74) is 7.90. The van der Waals surface area contributed by atoms with Gasteiger partial charge in [0.2, 0.25) is 0 Å². The van der Waals surface area contributed by atoms with Crippen LogP contribution in [0.1, 0.15) is 18.0 Å². The lowest BCUT2D eigenvalue weighted by Crippen LogP contribution is -2.09. The van der Waals surface area contributed by atoms with E-state index in [-0.39, 0.29) is 6.04 Å². The van der Waals surface area contributed by atoms with E-state index in [9.17, 15) is 0 Å². The molecular formula is C11H13N3. The number of pyridine rings is 1. The molecule has 3 nitrogen and oxygen atoms in total. The first-order valence-electron chi connectivity index (χ1n) is 4.61. The zero-order valence-electron chi connectivity index (χ0n) is 7.90. The molecule has 0 amide bonds. The van der Waals surface area contributed by atoms with E-state index in [1.807, 2.05) is 24.5 Å². The van der Waals surface area contributed by atoms with Crippen molar-refractivity contribution in [2.45, 2.75) is 12.5 Å². The van der Waals surface area contributed by atoms with Crippen molar-refractivity contribution in [3.05, 3.63) is 42.7 Å². The van der Waals surface area contributed by atoms with Gasteiger partial charge in [0.25, 0.3) is 0 Å². The van der Waals surface area contributed by atoms with Crippen molar-refractivity contribution in [1.82, 2.24) is 9.97 Å². The third-order valence-corrected chi connectivity index (χ3v) is 2.27. The van der Waals surface area contributed by atoms with E-state index < -0.39 is 0 Å². The number of nitrogens with two attached hydrogens (primary N) is 1. The topological polar surface area (TPSA) is 54.7 Å². The van der Waals surface area contributed by atoms with E-state index in [1.165, 1.54) is 0 Å². The molecule has 0 bridgehead atoms. The molecule has 0 aliphatic rings. The molecule has 3 N–H and O–H groups in total. The van der Waals surface area contributed by atoms with Gasteiger partial charge in [0, 0.05) is 23.8 Å². The Bertz CT molecular complexity index is 444. The van der Waals surface area contributed by atoms with E-state index in [2.05, 4.69) is 22.6 Å². The molecule has 1 atom stereocenters. The van der Waals surface area contributed by atoms with Crippen molar-refractivity contribution >= 4 is 11.0 Å². The van der Waals surface area contributed by atoms with Gasteiger partial charge in [-0.2, -0.15) is 0 Å². The molecule has 0 fully saturated rings. The summed E-state index contributed by atoms with van der Waals surface area (Å²) in [5, 5.41) is 1.10. The smallest absolute Gasteiger partial charge is 0.137 e. The van der Waals surface area contributed by atoms with Crippen LogP contribution in [0.15, 0.2) is 37.2 Å². The molecule has 2 aromatic rings. The fourth-order valence-electron chi connectivity index (χ4n) is 1.48. The first-order chi connectivity index (χ1) is 6.81. The molecule has 72 valence electrons. The van der Waals surface area contributed by atoms with E-state index in [0.29, 0.717) is 0 Å². The minimum atomic E-state index is -0.000648. The van der Waals surface area contributed by atoms with Crippen LogP contribution in [0.3, 0.4) is 0 Å². The Hall–Kier alpha value is -1.61. The van der Waals surface area contributed by atoms with Crippen LogP contribution in [0, 0.1) is 0 Å². The Kier molecular flexibility index (Phi) is 2.33. The molecule has 1 unspecified atom stereocenters. The van der Waals surface area contributed by atoms with E-state index in [1.54, 1.807) is 0 Å². The Balaban J connectivity index is 2.38. The summed E-state index contributed by atoms with van der Waals surface area (Å²) in [6.07, 6.45) is 6.29. The standard InChI is InChI=1S/C11H13N3/c1-2-3-10(12)9-6-8-4-5-13-11(8)14-7-9/h2,4-7,10H,1,3,12H2,(H,13,14). The molecular weight excluding hydrogens is 174 g/mol. The van der Waals surface area contributed by atoms with Gasteiger partial charge in [-0.25, -0.2) is 4.98 Å². The quantitative estimate of drug-likeness (QED) is 0.723. The maximum absolute atomic E-state index is 5.94. The lowest BCUT2D eigenvalue weighted by atomic mass is 10.1. The second-order valence-electron chi connectivity index (χ2n) is 3.32. The minimum absolute atomic E-state index is 0.000648. The van der Waals surface area contributed by atoms with Crippen LogP contribution in [0.2, 0.25) is 0 Å². The molecule has 0 saturated carbocycles. The largest absolute Gasteiger partial charge is 0.346 e. The van der Waals surface area contributed by atoms with E-state index in [0.717, 1.165) is 23.0 Å². The fourth-order valence-corrected chi connectivity index (χ4v) is 1.48. The van der Waals surface area contributed by atoms with E-state index >= 15 is 0 Å². The highest BCUT2D eigenvalue weighted by atomic mass is 14.8. The Morgan fingerprint density at radius 3 is 3.29 bits per heavy atom. The summed E-state index contributed by atoms with van der Waals surface area (Å²) >= 11 is 0. The molecule has 3 heteroatoms. The Morgan fingerprint density at radius 1 is 1.64 bits per heavy atom. The van der Waals surface area contributed by atoms with Crippen LogP contribution < -0.4 is 5.73 Å². The Labute approximate surface area is 82.7 Å². The van der Waals surface area contributed by atoms with Crippen molar-refractivity contribution in [2.75, 3.05) is 0 Å². The lowest BCUT2D eigenvalue weighted by molar-refractivity contribution is 0.739. The third kappa shape index (κ3) is 1.54. The summed E-state index contributed by atoms with van der Waals surface area (Å²) in [6, 6.07) is 4.05. The normalized spacial score (nSPS) is 12.9. The number of nitrogens with one attached hydrogen (secondary N) is 1. The Morgan fingerprint density at radius 2 is 2.50 bits per heavy atom. The number of aromatic amines is 1. The SMILES string of the molecule is C=CCC(N)c1cnc2[nH]ccc2c1. The average molecular weight is 187 g/mol. The number of fused-ring (bicyclic) bond motifs is 1. The number of H-pyrrole nitrogens is 1. The van der Waals surface area contributed by atoms with Crippen LogP contribution in [0.5, 0.6) is 0 Å². The number of rotatable bonds is 3. The second kappa shape index (κ2) is 3.64. The zero-order chi connectivity index (χ0) is 9.97. The van der Waals surface area contributed by atoms with Crippen molar-refractivity contribution in [2.24, 2.45) is 5.73 Å². The third-order valence-electron chi connectivity index (χ3n) is 2.27. The maximum Gasteiger partial charge on any atom is 0.137 e. The van der Waals surface area contributed by atoms with E-state index in [4.69, 9.17) is 5.73 Å². The van der Waals surface area contributed by atoms with Crippen molar-refractivity contribution < 1.29 is 0 Å². The highest BCUT2D eigenvalue weighted by Crippen LogP contribution is 2.18. The van der Waals surface area contributed by atoms with Gasteiger partial charge in [-0.05, 0) is 24.1 Å². The molecule has 2 rings (SSSR count). The molecule has 0 saturated heterocycles. The molecule has 0 spiro atoms. The summed E-state index contributed by atoms with van der Waals surface area (Å²) in [4.78, 5) is 7.32. The molecule has 0 aliphatic heterocycles. The molecule has 14 heavy (non-hydrogen) atoms. The van der Waals surface area contributed by atoms with Crippen LogP contribution in [0.25, 0.3) is 11.0 Å². The highest BCUT2D eigenvalue weighted by Gasteiger charge is 2.05. The average Bonchev–Trinajstić information content (AvgIpc) is 2.64. The summed E-state index contributed by atoms with van der Waals surface area (Å²) in [5.74, 6) is 0. The van der Waals surface area contributed by atoms with Crippen molar-refractivity contribution in [3.63, 3.8) is 0 Å². The van der Waals surface area contributed by atoms with Gasteiger partial charge in [-0.1, -0.05) is 6.08 Å². The van der Waals surface area contributed by atoms with Gasteiger partial charge in [-0.3, -0.25) is 0 Å². The van der Waals surface area contributed by atoms with Crippen molar-refractivity contribution in [1.29, 1.82) is 0 Å². The molecule has 2 aromatic heterocycles. The number of aromatic nitrogens is 2. The summed E-state index contributed by atoms with van der Waals surface area (Å²) < 4.78 is 0. The van der Waals surface area contributed by atoms with Gasteiger partial charge < -0.3 is 10.7 Å². The fraction of sp³-hybridized carbons (Fsp3) is 0.182. The summed E-state index contributed by atoms with van der Waals surface area (Å²) in [6.45, 7) is 3.67. The van der Waals surface area contributed by atoms with Crippen LogP contribution >= 0.6 is 0 Å². The second-order valence-corrected chi connectivity index (χ2v) is 3.32. The van der Waals surface area contributed by atoms with Crippen LogP contribution in [-0.2, 0) is 0 Å². The first-order valence-corrected chi connectivity index (χ1v) is 4.61. The maximum atomic E-state index is 5.94. The summed E-state index contributed by atoms with van der Waals surface area (Å²) in [7, 11) is 0. The first kappa shape index (κ1) is 8.97. The van der Waals surface area contributed by atoms with Gasteiger partial charge in [0.1, 0.15) is 5.65 Å². The van der Waals surface area contributed by atoms with Gasteiger partial charge in [-0.15, -0.1) is 6.58 Å². The van der Waals surface area contributed by atoms with Gasteiger partial charge in [0.05, 0.1) is 0 Å². The zero-order valence-corrected chi connectivity index (χ0v) is 7.90. The predicted molar refractivity (Wildman–Crippen MR) is 57.8 cm³/mol. The predicted octanol–water partition coefficient (Wildman–Crippen LogP) is 2.14.